The van der Waals surface area contributed by atoms with Crippen LogP contribution in [0.25, 0.3) is 11.7 Å². The molecule has 4 heteroatoms. The Bertz CT molecular complexity index is 830. The van der Waals surface area contributed by atoms with Gasteiger partial charge in [0.25, 0.3) is 0 Å². The van der Waals surface area contributed by atoms with Gasteiger partial charge in [-0.25, -0.2) is 17.6 Å². The fourth-order valence-corrected chi connectivity index (χ4v) is 4.26. The lowest BCUT2D eigenvalue weighted by Crippen LogP contribution is -2.13. The molecule has 0 N–H and O–H groups in total. The first-order valence-corrected chi connectivity index (χ1v) is 10.6. The highest BCUT2D eigenvalue weighted by molar-refractivity contribution is 5.83. The summed E-state index contributed by atoms with van der Waals surface area (Å²) in [7, 11) is 0. The van der Waals surface area contributed by atoms with Crippen molar-refractivity contribution in [3.8, 4) is 0 Å². The highest BCUT2D eigenvalue weighted by Crippen LogP contribution is 2.38. The van der Waals surface area contributed by atoms with Gasteiger partial charge in [-0.05, 0) is 61.3 Å². The summed E-state index contributed by atoms with van der Waals surface area (Å²) in [4.78, 5) is 0. The van der Waals surface area contributed by atoms with Gasteiger partial charge in [-0.2, -0.15) is 0 Å². The Labute approximate surface area is 170 Å². The van der Waals surface area contributed by atoms with Crippen molar-refractivity contribution in [3.05, 3.63) is 70.8 Å². The van der Waals surface area contributed by atoms with Gasteiger partial charge in [-0.3, -0.25) is 0 Å². The Hall–Kier alpha value is -2.10. The normalized spacial score (nSPS) is 20.4. The summed E-state index contributed by atoms with van der Waals surface area (Å²) in [6.45, 7) is 2.22. The number of rotatable bonds is 7. The summed E-state index contributed by atoms with van der Waals surface area (Å²) in [5.41, 5.74) is 0.942. The van der Waals surface area contributed by atoms with Gasteiger partial charge in [0.1, 0.15) is 0 Å². The van der Waals surface area contributed by atoms with E-state index >= 15 is 0 Å². The van der Waals surface area contributed by atoms with E-state index in [1.165, 1.54) is 38.5 Å². The molecule has 1 aliphatic rings. The molecule has 2 aromatic rings. The van der Waals surface area contributed by atoms with E-state index in [4.69, 9.17) is 0 Å². The predicted octanol–water partition coefficient (Wildman–Crippen LogP) is 8.58. The summed E-state index contributed by atoms with van der Waals surface area (Å²) in [6.07, 6.45) is 9.93. The smallest absolute Gasteiger partial charge is 0.166 e. The number of unbranched alkanes of at least 4 members (excludes halogenated alkanes) is 2. The first-order chi connectivity index (χ1) is 14.0. The molecule has 0 aromatic heterocycles. The van der Waals surface area contributed by atoms with Gasteiger partial charge in [-0.15, -0.1) is 0 Å². The van der Waals surface area contributed by atoms with Crippen LogP contribution in [0.1, 0.15) is 80.9 Å². The second-order valence-corrected chi connectivity index (χ2v) is 8.09. The van der Waals surface area contributed by atoms with E-state index in [1.807, 2.05) is 12.1 Å². The van der Waals surface area contributed by atoms with Gasteiger partial charge in [0.15, 0.2) is 23.3 Å². The van der Waals surface area contributed by atoms with Crippen molar-refractivity contribution in [2.75, 3.05) is 0 Å². The molecule has 0 bridgehead atoms. The highest BCUT2D eigenvalue weighted by Gasteiger charge is 2.22. The van der Waals surface area contributed by atoms with E-state index in [-0.39, 0.29) is 11.1 Å². The number of benzene rings is 2. The van der Waals surface area contributed by atoms with Gasteiger partial charge in [0.05, 0.1) is 0 Å². The van der Waals surface area contributed by atoms with E-state index < -0.39 is 23.3 Å². The monoisotopic (exact) mass is 404 g/mol. The minimum absolute atomic E-state index is 0.101. The summed E-state index contributed by atoms with van der Waals surface area (Å²) >= 11 is 0. The third-order valence-electron chi connectivity index (χ3n) is 6.06. The standard InChI is InChI=1S/C25H28F4/c1-2-3-4-5-17-6-8-18(9-7-17)19-10-12-20(13-11-19)24(28)25(29)21-14-15-22(26)23(27)16-21/h10-18H,2-9H2,1H3. The van der Waals surface area contributed by atoms with Crippen molar-refractivity contribution >= 4 is 11.7 Å². The molecule has 0 heterocycles. The fraction of sp³-hybridized carbons (Fsp3) is 0.440. The molecule has 29 heavy (non-hydrogen) atoms. The molecule has 0 saturated heterocycles. The van der Waals surface area contributed by atoms with Crippen molar-refractivity contribution < 1.29 is 17.6 Å². The Balaban J connectivity index is 1.64. The molecular formula is C25H28F4. The maximum Gasteiger partial charge on any atom is 0.166 e. The molecule has 1 aliphatic carbocycles. The summed E-state index contributed by atoms with van der Waals surface area (Å²) in [5, 5.41) is 0. The third-order valence-corrected chi connectivity index (χ3v) is 6.06. The molecule has 0 spiro atoms. The van der Waals surface area contributed by atoms with Crippen molar-refractivity contribution in [1.82, 2.24) is 0 Å². The van der Waals surface area contributed by atoms with Gasteiger partial charge in [-0.1, -0.05) is 56.9 Å². The first kappa shape index (κ1) is 21.6. The lowest BCUT2D eigenvalue weighted by atomic mass is 9.77. The lowest BCUT2D eigenvalue weighted by molar-refractivity contribution is 0.303. The molecule has 1 saturated carbocycles. The molecule has 0 atom stereocenters. The second kappa shape index (κ2) is 10.1. The molecule has 2 aromatic carbocycles. The van der Waals surface area contributed by atoms with Gasteiger partial charge >= 0.3 is 0 Å². The number of hydrogen-bond acceptors (Lipinski definition) is 0. The minimum atomic E-state index is -1.20. The van der Waals surface area contributed by atoms with Crippen LogP contribution in [0.4, 0.5) is 17.6 Å². The zero-order valence-electron chi connectivity index (χ0n) is 16.9. The van der Waals surface area contributed by atoms with Crippen LogP contribution >= 0.6 is 0 Å². The number of halogens is 4. The largest absolute Gasteiger partial charge is 0.204 e. The minimum Gasteiger partial charge on any atom is -0.204 e. The molecule has 0 amide bonds. The van der Waals surface area contributed by atoms with Crippen molar-refractivity contribution in [3.63, 3.8) is 0 Å². The molecule has 1 fully saturated rings. The van der Waals surface area contributed by atoms with Crippen LogP contribution in [0, 0.1) is 17.6 Å². The van der Waals surface area contributed by atoms with E-state index in [1.54, 1.807) is 12.1 Å². The van der Waals surface area contributed by atoms with Crippen LogP contribution in [-0.4, -0.2) is 0 Å². The molecule has 0 unspecified atom stereocenters. The van der Waals surface area contributed by atoms with Gasteiger partial charge < -0.3 is 0 Å². The molecule has 156 valence electrons. The van der Waals surface area contributed by atoms with Crippen LogP contribution in [0.3, 0.4) is 0 Å². The Kier molecular flexibility index (Phi) is 7.51. The zero-order chi connectivity index (χ0) is 20.8. The Morgan fingerprint density at radius 1 is 0.793 bits per heavy atom. The average molecular weight is 404 g/mol. The van der Waals surface area contributed by atoms with Gasteiger partial charge in [0.2, 0.25) is 0 Å². The topological polar surface area (TPSA) is 0 Å². The van der Waals surface area contributed by atoms with E-state index in [0.29, 0.717) is 12.0 Å². The maximum absolute atomic E-state index is 14.5. The second-order valence-electron chi connectivity index (χ2n) is 8.09. The summed E-state index contributed by atoms with van der Waals surface area (Å²) < 4.78 is 55.2. The van der Waals surface area contributed by atoms with Crippen LogP contribution < -0.4 is 0 Å². The van der Waals surface area contributed by atoms with E-state index in [2.05, 4.69) is 6.92 Å². The fourth-order valence-electron chi connectivity index (χ4n) is 4.26. The lowest BCUT2D eigenvalue weighted by Gasteiger charge is -2.29. The van der Waals surface area contributed by atoms with Crippen LogP contribution in [0.2, 0.25) is 0 Å². The quantitative estimate of drug-likeness (QED) is 0.246. The molecule has 0 nitrogen and oxygen atoms in total. The Morgan fingerprint density at radius 2 is 1.41 bits per heavy atom. The summed E-state index contributed by atoms with van der Waals surface area (Å²) in [6, 6.07) is 9.33. The van der Waals surface area contributed by atoms with E-state index in [9.17, 15) is 17.6 Å². The van der Waals surface area contributed by atoms with Crippen LogP contribution in [0.5, 0.6) is 0 Å². The van der Waals surface area contributed by atoms with E-state index in [0.717, 1.165) is 36.5 Å². The van der Waals surface area contributed by atoms with Crippen molar-refractivity contribution in [2.45, 2.75) is 64.2 Å². The molecular weight excluding hydrogens is 376 g/mol. The van der Waals surface area contributed by atoms with Gasteiger partial charge in [0, 0.05) is 11.1 Å². The SMILES string of the molecule is CCCCCC1CCC(c2ccc(C(F)=C(F)c3ccc(F)c(F)c3)cc2)CC1. The zero-order valence-corrected chi connectivity index (χ0v) is 16.9. The number of hydrogen-bond donors (Lipinski definition) is 0. The molecule has 0 aliphatic heterocycles. The van der Waals surface area contributed by atoms with Crippen LogP contribution in [0.15, 0.2) is 42.5 Å². The predicted molar refractivity (Wildman–Crippen MR) is 111 cm³/mol. The maximum atomic E-state index is 14.5. The highest BCUT2D eigenvalue weighted by atomic mass is 19.2. The third kappa shape index (κ3) is 5.49. The van der Waals surface area contributed by atoms with Crippen molar-refractivity contribution in [1.29, 1.82) is 0 Å². The van der Waals surface area contributed by atoms with Crippen LogP contribution in [-0.2, 0) is 0 Å². The van der Waals surface area contributed by atoms with Crippen molar-refractivity contribution in [2.24, 2.45) is 5.92 Å². The summed E-state index contributed by atoms with van der Waals surface area (Å²) in [5.74, 6) is -3.26. The molecule has 0 radical (unpaired) electrons. The first-order valence-electron chi connectivity index (χ1n) is 10.6. The molecule has 3 rings (SSSR count). The average Bonchev–Trinajstić information content (AvgIpc) is 2.75. The Morgan fingerprint density at radius 3 is 2.03 bits per heavy atom.